The van der Waals surface area contributed by atoms with Crippen LogP contribution in [0, 0.1) is 17.7 Å². The molecule has 0 atom stereocenters. The number of aliphatic imine (C=N–C) groups is 1. The fourth-order valence-electron chi connectivity index (χ4n) is 3.37. The summed E-state index contributed by atoms with van der Waals surface area (Å²) in [7, 11) is 0. The van der Waals surface area contributed by atoms with Gasteiger partial charge in [0.15, 0.2) is 0 Å². The number of nitrogens with one attached hydrogen (secondary N) is 3. The molecule has 0 saturated carbocycles. The van der Waals surface area contributed by atoms with Crippen LogP contribution < -0.4 is 5.32 Å². The van der Waals surface area contributed by atoms with Crippen LogP contribution in [0.3, 0.4) is 0 Å². The number of amidine groups is 1. The first-order valence-electron chi connectivity index (χ1n) is 10.8. The third kappa shape index (κ3) is 6.43. The van der Waals surface area contributed by atoms with E-state index < -0.39 is 0 Å². The molecule has 3 aromatic rings. The molecule has 3 N–H and O–H groups in total. The Morgan fingerprint density at radius 3 is 2.55 bits per heavy atom. The molecule has 166 valence electrons. The molecule has 0 amide bonds. The van der Waals surface area contributed by atoms with Crippen molar-refractivity contribution >= 4 is 22.9 Å². The van der Waals surface area contributed by atoms with Gasteiger partial charge in [0.2, 0.25) is 0 Å². The fraction of sp³-hybridized carbons (Fsp3) is 0.143. The molecule has 5 nitrogen and oxygen atoms in total. The summed E-state index contributed by atoms with van der Waals surface area (Å²) in [6, 6.07) is 17.9. The molecule has 0 aliphatic heterocycles. The molecule has 0 radical (unpaired) electrons. The lowest BCUT2D eigenvalue weighted by molar-refractivity contribution is 1.05. The first-order valence-corrected chi connectivity index (χ1v) is 10.8. The van der Waals surface area contributed by atoms with Crippen LogP contribution in [0.2, 0.25) is 0 Å². The van der Waals surface area contributed by atoms with E-state index in [1.54, 1.807) is 12.3 Å². The minimum atomic E-state index is 0.229. The van der Waals surface area contributed by atoms with Crippen molar-refractivity contribution in [3.63, 3.8) is 0 Å². The molecule has 0 aliphatic rings. The summed E-state index contributed by atoms with van der Waals surface area (Å²) in [6.45, 7) is 6.14. The van der Waals surface area contributed by atoms with Crippen LogP contribution in [0.25, 0.3) is 11.1 Å². The number of nitrogens with zero attached hydrogens (tertiary/aromatic N) is 2. The summed E-state index contributed by atoms with van der Waals surface area (Å²) in [5.74, 6) is 0.229. The Morgan fingerprint density at radius 1 is 1.03 bits per heavy atom. The zero-order chi connectivity index (χ0) is 23.6. The highest BCUT2D eigenvalue weighted by Gasteiger charge is 2.15. The monoisotopic (exact) mass is 435 g/mol. The molecular formula is C28H29N5. The summed E-state index contributed by atoms with van der Waals surface area (Å²) in [5, 5.41) is 20.0. The lowest BCUT2D eigenvalue weighted by atomic mass is 9.97. The number of hydrogen-bond acceptors (Lipinski definition) is 4. The first kappa shape index (κ1) is 23.5. The maximum absolute atomic E-state index is 8.82. The van der Waals surface area contributed by atoms with E-state index in [4.69, 9.17) is 15.8 Å². The van der Waals surface area contributed by atoms with E-state index in [1.165, 1.54) is 0 Å². The predicted molar refractivity (Wildman–Crippen MR) is 139 cm³/mol. The van der Waals surface area contributed by atoms with Crippen LogP contribution >= 0.6 is 0 Å². The average molecular weight is 436 g/mol. The molecule has 0 bridgehead atoms. The van der Waals surface area contributed by atoms with Crippen molar-refractivity contribution in [1.82, 2.24) is 10.3 Å². The molecule has 0 fully saturated rings. The van der Waals surface area contributed by atoms with Crippen LogP contribution in [-0.2, 0) is 0 Å². The van der Waals surface area contributed by atoms with E-state index >= 15 is 0 Å². The number of benzene rings is 2. The Balaban J connectivity index is 2.01. The van der Waals surface area contributed by atoms with Gasteiger partial charge in [-0.25, -0.2) is 0 Å². The van der Waals surface area contributed by atoms with Gasteiger partial charge < -0.3 is 10.7 Å². The van der Waals surface area contributed by atoms with E-state index in [9.17, 15) is 0 Å². The van der Waals surface area contributed by atoms with Crippen LogP contribution in [0.15, 0.2) is 96.3 Å². The van der Waals surface area contributed by atoms with Crippen LogP contribution in [0.4, 0.5) is 5.69 Å². The highest BCUT2D eigenvalue weighted by Crippen LogP contribution is 2.31. The van der Waals surface area contributed by atoms with E-state index in [1.807, 2.05) is 93.7 Å². The largest absolute Gasteiger partial charge is 0.364 e. The number of aromatic nitrogens is 1. The molecule has 0 spiro atoms. The second-order valence-electron chi connectivity index (χ2n) is 7.65. The summed E-state index contributed by atoms with van der Waals surface area (Å²) >= 11 is 0. The standard InChI is InChI=1S/C28H29N5/c1-4-5-7-13-24(29)19-32-28(30)27-25(22-11-8-6-9-12-22)14-10-15-26(27)33-21(3)23-16-20(2)17-31-18-23/h4-18,29H,19H2,1-3H3,(H2,30,32)/b5-4-,13-7-,29-24?,33-21+. The van der Waals surface area contributed by atoms with Crippen molar-refractivity contribution in [2.24, 2.45) is 4.99 Å². The minimum absolute atomic E-state index is 0.229. The van der Waals surface area contributed by atoms with Gasteiger partial charge in [-0.2, -0.15) is 0 Å². The SMILES string of the molecule is C/C=C\C=C/C(=N)CNC(=N)c1c(/N=C(\C)c2cncc(C)c2)cccc1-c1ccccc1. The average Bonchev–Trinajstić information content (AvgIpc) is 2.83. The van der Waals surface area contributed by atoms with E-state index in [-0.39, 0.29) is 12.4 Å². The van der Waals surface area contributed by atoms with Gasteiger partial charge >= 0.3 is 0 Å². The third-order valence-corrected chi connectivity index (χ3v) is 5.01. The Labute approximate surface area is 195 Å². The summed E-state index contributed by atoms with van der Waals surface area (Å²) in [4.78, 5) is 9.16. The minimum Gasteiger partial charge on any atom is -0.364 e. The lowest BCUT2D eigenvalue weighted by Crippen LogP contribution is -2.29. The van der Waals surface area contributed by atoms with Gasteiger partial charge in [0.1, 0.15) is 5.84 Å². The quantitative estimate of drug-likeness (QED) is 0.221. The molecule has 33 heavy (non-hydrogen) atoms. The number of aryl methyl sites for hydroxylation is 1. The molecule has 0 unspecified atom stereocenters. The van der Waals surface area contributed by atoms with Gasteiger partial charge in [0.25, 0.3) is 0 Å². The molecular weight excluding hydrogens is 406 g/mol. The van der Waals surface area contributed by atoms with Crippen molar-refractivity contribution in [2.75, 3.05) is 6.54 Å². The highest BCUT2D eigenvalue weighted by atomic mass is 14.9. The van der Waals surface area contributed by atoms with Crippen LogP contribution in [0.5, 0.6) is 0 Å². The topological polar surface area (TPSA) is 85.0 Å². The number of rotatable bonds is 8. The Hall–Kier alpha value is -4.12. The number of pyridine rings is 1. The zero-order valence-corrected chi connectivity index (χ0v) is 19.3. The summed E-state index contributed by atoms with van der Waals surface area (Å²) < 4.78 is 0. The zero-order valence-electron chi connectivity index (χ0n) is 19.3. The maximum atomic E-state index is 8.82. The van der Waals surface area contributed by atoms with Gasteiger partial charge in [-0.3, -0.25) is 15.4 Å². The molecule has 0 aliphatic carbocycles. The van der Waals surface area contributed by atoms with Crippen molar-refractivity contribution in [3.8, 4) is 11.1 Å². The maximum Gasteiger partial charge on any atom is 0.128 e. The molecule has 3 rings (SSSR count). The van der Waals surface area contributed by atoms with E-state index in [0.29, 0.717) is 17.0 Å². The number of hydrogen-bond donors (Lipinski definition) is 3. The Kier molecular flexibility index (Phi) is 8.19. The van der Waals surface area contributed by atoms with Crippen molar-refractivity contribution in [1.29, 1.82) is 10.8 Å². The summed E-state index contributed by atoms with van der Waals surface area (Å²) in [6.07, 6.45) is 10.9. The van der Waals surface area contributed by atoms with Gasteiger partial charge in [0.05, 0.1) is 17.9 Å². The van der Waals surface area contributed by atoms with Gasteiger partial charge in [-0.1, -0.05) is 60.7 Å². The van der Waals surface area contributed by atoms with E-state index in [0.717, 1.165) is 28.0 Å². The molecule has 5 heteroatoms. The normalized spacial score (nSPS) is 11.8. The number of allylic oxidation sites excluding steroid dienone is 3. The highest BCUT2D eigenvalue weighted by molar-refractivity contribution is 6.10. The van der Waals surface area contributed by atoms with Gasteiger partial charge in [-0.15, -0.1) is 0 Å². The van der Waals surface area contributed by atoms with Gasteiger partial charge in [0, 0.05) is 29.2 Å². The molecule has 1 aromatic heterocycles. The molecule has 1 heterocycles. The Morgan fingerprint density at radius 2 is 1.82 bits per heavy atom. The van der Waals surface area contributed by atoms with Crippen molar-refractivity contribution < 1.29 is 0 Å². The molecule has 0 saturated heterocycles. The second kappa shape index (κ2) is 11.5. The van der Waals surface area contributed by atoms with Crippen molar-refractivity contribution in [2.45, 2.75) is 20.8 Å². The third-order valence-electron chi connectivity index (χ3n) is 5.01. The second-order valence-corrected chi connectivity index (χ2v) is 7.65. The summed E-state index contributed by atoms with van der Waals surface area (Å²) in [5.41, 5.74) is 6.56. The first-order chi connectivity index (χ1) is 16.0. The molecule has 2 aromatic carbocycles. The Bertz CT molecular complexity index is 1220. The fourth-order valence-corrected chi connectivity index (χ4v) is 3.37. The van der Waals surface area contributed by atoms with Crippen LogP contribution in [-0.4, -0.2) is 28.8 Å². The predicted octanol–water partition coefficient (Wildman–Crippen LogP) is 6.26. The lowest BCUT2D eigenvalue weighted by Gasteiger charge is -2.16. The van der Waals surface area contributed by atoms with Crippen molar-refractivity contribution in [3.05, 3.63) is 108 Å². The van der Waals surface area contributed by atoms with Gasteiger partial charge in [-0.05, 0) is 55.7 Å². The smallest absolute Gasteiger partial charge is 0.128 e. The van der Waals surface area contributed by atoms with Crippen LogP contribution in [0.1, 0.15) is 30.5 Å². The van der Waals surface area contributed by atoms with E-state index in [2.05, 4.69) is 16.4 Å².